The summed E-state index contributed by atoms with van der Waals surface area (Å²) < 4.78 is 0. The minimum atomic E-state index is -0.156. The highest BCUT2D eigenvalue weighted by Gasteiger charge is 2.08. The van der Waals surface area contributed by atoms with Gasteiger partial charge >= 0.3 is 0 Å². The van der Waals surface area contributed by atoms with E-state index in [1.54, 1.807) is 36.4 Å². The highest BCUT2D eigenvalue weighted by molar-refractivity contribution is 6.34. The maximum absolute atomic E-state index is 11.9. The lowest BCUT2D eigenvalue weighted by Crippen LogP contribution is -2.25. The van der Waals surface area contributed by atoms with Crippen molar-refractivity contribution in [2.45, 2.75) is 32.4 Å². The summed E-state index contributed by atoms with van der Waals surface area (Å²) >= 11 is 23.9. The van der Waals surface area contributed by atoms with Gasteiger partial charge in [0.15, 0.2) is 0 Å². The molecule has 0 fully saturated rings. The molecule has 2 aromatic carbocycles. The Labute approximate surface area is 178 Å². The predicted molar refractivity (Wildman–Crippen MR) is 110 cm³/mol. The van der Waals surface area contributed by atoms with Crippen LogP contribution in [0.2, 0.25) is 20.1 Å². The first kappa shape index (κ1) is 21.8. The monoisotopic (exact) mass is 446 g/mol. The lowest BCUT2D eigenvalue weighted by Gasteiger charge is -2.09. The van der Waals surface area contributed by atoms with Gasteiger partial charge in [-0.05, 0) is 53.9 Å². The molecule has 0 saturated carbocycles. The van der Waals surface area contributed by atoms with Gasteiger partial charge in [-0.1, -0.05) is 46.4 Å². The van der Waals surface area contributed by atoms with Crippen molar-refractivity contribution in [3.8, 4) is 0 Å². The van der Waals surface area contributed by atoms with Crippen LogP contribution in [0.1, 0.15) is 30.4 Å². The Bertz CT molecular complexity index is 760. The van der Waals surface area contributed by atoms with Gasteiger partial charge < -0.3 is 10.6 Å². The number of hydrogen-bond acceptors (Lipinski definition) is 2. The van der Waals surface area contributed by atoms with E-state index in [4.69, 9.17) is 46.4 Å². The first-order valence-electron chi connectivity index (χ1n) is 8.26. The quantitative estimate of drug-likeness (QED) is 0.568. The fourth-order valence-corrected chi connectivity index (χ4v) is 3.09. The van der Waals surface area contributed by atoms with Crippen molar-refractivity contribution < 1.29 is 9.59 Å². The van der Waals surface area contributed by atoms with E-state index < -0.39 is 0 Å². The van der Waals surface area contributed by atoms with E-state index in [1.165, 1.54) is 0 Å². The molecule has 0 aromatic heterocycles. The van der Waals surface area contributed by atoms with Crippen molar-refractivity contribution in [2.24, 2.45) is 0 Å². The molecule has 2 aromatic rings. The summed E-state index contributed by atoms with van der Waals surface area (Å²) in [6.45, 7) is 0.579. The number of hydrogen-bond donors (Lipinski definition) is 2. The summed E-state index contributed by atoms with van der Waals surface area (Å²) in [5.74, 6) is -0.312. The lowest BCUT2D eigenvalue weighted by atomic mass is 10.2. The molecule has 0 unspecified atom stereocenters. The number of halogens is 4. The standard InChI is InChI=1S/C19H18Cl4N2O2/c20-14-4-6-16(22)12(8-14)10-24-18(26)2-1-3-19(27)25-11-13-9-15(21)5-7-17(13)23/h4-9H,1-3,10-11H2,(H,24,26)(H,25,27). The van der Waals surface area contributed by atoms with Crippen LogP contribution < -0.4 is 10.6 Å². The van der Waals surface area contributed by atoms with Crippen LogP contribution >= 0.6 is 46.4 Å². The van der Waals surface area contributed by atoms with Gasteiger partial charge in [0.25, 0.3) is 0 Å². The molecule has 144 valence electrons. The van der Waals surface area contributed by atoms with Crippen LogP contribution in [0.25, 0.3) is 0 Å². The van der Waals surface area contributed by atoms with E-state index in [9.17, 15) is 9.59 Å². The van der Waals surface area contributed by atoms with Crippen LogP contribution in [0.5, 0.6) is 0 Å². The zero-order chi connectivity index (χ0) is 19.8. The van der Waals surface area contributed by atoms with Crippen LogP contribution in [0.15, 0.2) is 36.4 Å². The zero-order valence-electron chi connectivity index (χ0n) is 14.3. The molecule has 0 heterocycles. The van der Waals surface area contributed by atoms with Crippen LogP contribution in [0.3, 0.4) is 0 Å². The highest BCUT2D eigenvalue weighted by Crippen LogP contribution is 2.21. The highest BCUT2D eigenvalue weighted by atomic mass is 35.5. The van der Waals surface area contributed by atoms with Crippen molar-refractivity contribution in [3.05, 3.63) is 67.6 Å². The molecule has 27 heavy (non-hydrogen) atoms. The Hall–Kier alpha value is -1.46. The predicted octanol–water partition coefficient (Wildman–Crippen LogP) is 5.40. The first-order chi connectivity index (χ1) is 12.8. The summed E-state index contributed by atoms with van der Waals surface area (Å²) in [6, 6.07) is 10.1. The summed E-state index contributed by atoms with van der Waals surface area (Å²) in [6.07, 6.45) is 0.914. The van der Waals surface area contributed by atoms with Crippen molar-refractivity contribution in [1.82, 2.24) is 10.6 Å². The van der Waals surface area contributed by atoms with Crippen LogP contribution in [0, 0.1) is 0 Å². The van der Waals surface area contributed by atoms with Crippen molar-refractivity contribution >= 4 is 58.2 Å². The molecule has 0 radical (unpaired) electrons. The third kappa shape index (κ3) is 7.59. The second-order valence-corrected chi connectivity index (χ2v) is 7.57. The van der Waals surface area contributed by atoms with Gasteiger partial charge in [-0.15, -0.1) is 0 Å². The van der Waals surface area contributed by atoms with E-state index in [2.05, 4.69) is 10.6 Å². The smallest absolute Gasteiger partial charge is 0.220 e. The zero-order valence-corrected chi connectivity index (χ0v) is 17.4. The minimum Gasteiger partial charge on any atom is -0.352 e. The molecular formula is C19H18Cl4N2O2. The Morgan fingerprint density at radius 2 is 1.11 bits per heavy atom. The third-order valence-electron chi connectivity index (χ3n) is 3.78. The van der Waals surface area contributed by atoms with Gasteiger partial charge in [0, 0.05) is 46.0 Å². The second-order valence-electron chi connectivity index (χ2n) is 5.88. The normalized spacial score (nSPS) is 10.5. The van der Waals surface area contributed by atoms with Crippen molar-refractivity contribution in [2.75, 3.05) is 0 Å². The molecule has 0 aliphatic carbocycles. The molecule has 0 aliphatic rings. The average Bonchev–Trinajstić information content (AvgIpc) is 2.63. The molecule has 0 spiro atoms. The molecule has 0 saturated heterocycles. The van der Waals surface area contributed by atoms with E-state index >= 15 is 0 Å². The lowest BCUT2D eigenvalue weighted by molar-refractivity contribution is -0.122. The van der Waals surface area contributed by atoms with Gasteiger partial charge in [0.05, 0.1) is 0 Å². The second kappa shape index (κ2) is 10.8. The Balaban J connectivity index is 1.67. The first-order valence-corrected chi connectivity index (χ1v) is 9.77. The molecule has 0 bridgehead atoms. The fraction of sp³-hybridized carbons (Fsp3) is 0.263. The van der Waals surface area contributed by atoms with E-state index in [0.29, 0.717) is 26.5 Å². The van der Waals surface area contributed by atoms with E-state index in [1.807, 2.05) is 0 Å². The van der Waals surface area contributed by atoms with E-state index in [-0.39, 0.29) is 37.7 Å². The topological polar surface area (TPSA) is 58.2 Å². The Kier molecular flexibility index (Phi) is 8.71. The molecular weight excluding hydrogens is 430 g/mol. The number of nitrogens with one attached hydrogen (secondary N) is 2. The number of benzene rings is 2. The molecule has 2 amide bonds. The Morgan fingerprint density at radius 1 is 0.704 bits per heavy atom. The van der Waals surface area contributed by atoms with Crippen LogP contribution in [0.4, 0.5) is 0 Å². The SMILES string of the molecule is O=C(CCCC(=O)NCc1cc(Cl)ccc1Cl)NCc1cc(Cl)ccc1Cl. The minimum absolute atomic E-state index is 0.156. The number of carbonyl (C=O) groups excluding carboxylic acids is 2. The van der Waals surface area contributed by atoms with Gasteiger partial charge in [-0.3, -0.25) is 9.59 Å². The maximum atomic E-state index is 11.9. The number of amides is 2. The van der Waals surface area contributed by atoms with E-state index in [0.717, 1.165) is 11.1 Å². The van der Waals surface area contributed by atoms with Gasteiger partial charge in [-0.25, -0.2) is 0 Å². The summed E-state index contributed by atoms with van der Waals surface area (Å²) in [5, 5.41) is 7.73. The Morgan fingerprint density at radius 3 is 1.52 bits per heavy atom. The number of carbonyl (C=O) groups is 2. The molecule has 4 nitrogen and oxygen atoms in total. The van der Waals surface area contributed by atoms with Crippen molar-refractivity contribution in [3.63, 3.8) is 0 Å². The van der Waals surface area contributed by atoms with Gasteiger partial charge in [0.1, 0.15) is 0 Å². The third-order valence-corrected chi connectivity index (χ3v) is 4.98. The van der Waals surface area contributed by atoms with Crippen LogP contribution in [-0.2, 0) is 22.7 Å². The molecule has 8 heteroatoms. The van der Waals surface area contributed by atoms with Gasteiger partial charge in [-0.2, -0.15) is 0 Å². The molecule has 2 rings (SSSR count). The maximum Gasteiger partial charge on any atom is 0.220 e. The summed E-state index contributed by atoms with van der Waals surface area (Å²) in [4.78, 5) is 23.8. The largest absolute Gasteiger partial charge is 0.352 e. The fourth-order valence-electron chi connectivity index (χ4n) is 2.33. The molecule has 2 N–H and O–H groups in total. The van der Waals surface area contributed by atoms with Crippen molar-refractivity contribution in [1.29, 1.82) is 0 Å². The average molecular weight is 448 g/mol. The summed E-state index contributed by atoms with van der Waals surface area (Å²) in [5.41, 5.74) is 1.49. The van der Waals surface area contributed by atoms with Crippen LogP contribution in [-0.4, -0.2) is 11.8 Å². The van der Waals surface area contributed by atoms with Gasteiger partial charge in [0.2, 0.25) is 11.8 Å². The molecule has 0 atom stereocenters. The summed E-state index contributed by atoms with van der Waals surface area (Å²) in [7, 11) is 0. The number of rotatable bonds is 8. The molecule has 0 aliphatic heterocycles.